The van der Waals surface area contributed by atoms with Gasteiger partial charge in [0.2, 0.25) is 0 Å². The molecule has 1 heterocycles. The van der Waals surface area contributed by atoms with Crippen molar-refractivity contribution in [2.75, 3.05) is 0 Å². The van der Waals surface area contributed by atoms with Gasteiger partial charge in [-0.1, -0.05) is 71.9 Å². The van der Waals surface area contributed by atoms with Gasteiger partial charge in [0, 0.05) is 41.2 Å². The SMILES string of the molecule is CC(C)(C)c1cc(C(=O)c2ccn(Cc3ccccc3)c2)cc(C(C)(C)C)c1O. The Morgan fingerprint density at radius 3 is 1.93 bits per heavy atom. The highest BCUT2D eigenvalue weighted by atomic mass is 16.3. The molecule has 0 bridgehead atoms. The smallest absolute Gasteiger partial charge is 0.194 e. The van der Waals surface area contributed by atoms with Crippen molar-refractivity contribution < 1.29 is 9.90 Å². The van der Waals surface area contributed by atoms with Gasteiger partial charge >= 0.3 is 0 Å². The number of ketones is 1. The summed E-state index contributed by atoms with van der Waals surface area (Å²) in [7, 11) is 0. The van der Waals surface area contributed by atoms with Gasteiger partial charge in [-0.15, -0.1) is 0 Å². The Morgan fingerprint density at radius 2 is 1.41 bits per heavy atom. The first-order valence-corrected chi connectivity index (χ1v) is 10.1. The van der Waals surface area contributed by atoms with Gasteiger partial charge in [0.1, 0.15) is 5.75 Å². The van der Waals surface area contributed by atoms with E-state index >= 15 is 0 Å². The number of phenolic OH excluding ortho intramolecular Hbond substituents is 1. The van der Waals surface area contributed by atoms with Crippen LogP contribution in [0.4, 0.5) is 0 Å². The number of aromatic nitrogens is 1. The number of carbonyl (C=O) groups is 1. The molecule has 0 spiro atoms. The van der Waals surface area contributed by atoms with Crippen molar-refractivity contribution >= 4 is 5.78 Å². The maximum Gasteiger partial charge on any atom is 0.194 e. The van der Waals surface area contributed by atoms with Gasteiger partial charge in [-0.2, -0.15) is 0 Å². The summed E-state index contributed by atoms with van der Waals surface area (Å²) in [4.78, 5) is 13.3. The fourth-order valence-electron chi connectivity index (χ4n) is 3.54. The second-order valence-corrected chi connectivity index (χ2v) is 9.81. The average molecular weight is 390 g/mol. The van der Waals surface area contributed by atoms with E-state index in [0.717, 1.165) is 17.7 Å². The zero-order chi connectivity index (χ0) is 21.4. The summed E-state index contributed by atoms with van der Waals surface area (Å²) in [5.41, 5.74) is 3.55. The van der Waals surface area contributed by atoms with Gasteiger partial charge in [0.25, 0.3) is 0 Å². The molecule has 2 aromatic carbocycles. The predicted octanol–water partition coefficient (Wildman–Crippen LogP) is 6.07. The van der Waals surface area contributed by atoms with Gasteiger partial charge in [-0.3, -0.25) is 4.79 Å². The standard InChI is InChI=1S/C26H31NO2/c1-25(2,3)21-14-20(15-22(24(21)29)26(4,5)6)23(28)19-12-13-27(17-19)16-18-10-8-7-9-11-18/h7-15,17,29H,16H2,1-6H3. The Balaban J connectivity index is 1.99. The van der Waals surface area contributed by atoms with Crippen molar-refractivity contribution in [2.45, 2.75) is 58.9 Å². The highest BCUT2D eigenvalue weighted by Gasteiger charge is 2.28. The molecular formula is C26H31NO2. The molecule has 0 aliphatic carbocycles. The second-order valence-electron chi connectivity index (χ2n) is 9.81. The Labute approximate surface area is 174 Å². The van der Waals surface area contributed by atoms with E-state index in [9.17, 15) is 9.90 Å². The lowest BCUT2D eigenvalue weighted by atomic mass is 9.78. The Hall–Kier alpha value is -2.81. The Kier molecular flexibility index (Phi) is 5.44. The lowest BCUT2D eigenvalue weighted by Gasteiger charge is -2.28. The summed E-state index contributed by atoms with van der Waals surface area (Å²) in [5, 5.41) is 10.9. The molecule has 0 aliphatic heterocycles. The van der Waals surface area contributed by atoms with Crippen LogP contribution in [0.1, 0.15) is 74.2 Å². The van der Waals surface area contributed by atoms with Crippen molar-refractivity contribution in [1.29, 1.82) is 0 Å². The van der Waals surface area contributed by atoms with E-state index < -0.39 is 0 Å². The van der Waals surface area contributed by atoms with Gasteiger partial charge in [-0.05, 0) is 34.6 Å². The molecule has 0 fully saturated rings. The minimum absolute atomic E-state index is 0.0205. The van der Waals surface area contributed by atoms with Crippen molar-refractivity contribution in [1.82, 2.24) is 4.57 Å². The van der Waals surface area contributed by atoms with Crippen LogP contribution in [0, 0.1) is 0 Å². The Bertz CT molecular complexity index is 980. The Morgan fingerprint density at radius 1 is 0.862 bits per heavy atom. The van der Waals surface area contributed by atoms with Crippen LogP contribution in [-0.4, -0.2) is 15.5 Å². The lowest BCUT2D eigenvalue weighted by Crippen LogP contribution is -2.19. The number of hydrogen-bond acceptors (Lipinski definition) is 2. The first kappa shape index (κ1) is 20.9. The van der Waals surface area contributed by atoms with Crippen LogP contribution in [0.25, 0.3) is 0 Å². The quantitative estimate of drug-likeness (QED) is 0.550. The molecule has 1 N–H and O–H groups in total. The average Bonchev–Trinajstić information content (AvgIpc) is 3.08. The summed E-state index contributed by atoms with van der Waals surface area (Å²) >= 11 is 0. The number of aromatic hydroxyl groups is 1. The minimum Gasteiger partial charge on any atom is -0.507 e. The summed E-state index contributed by atoms with van der Waals surface area (Å²) in [5.74, 6) is 0.274. The van der Waals surface area contributed by atoms with Crippen molar-refractivity contribution in [3.05, 3.63) is 88.7 Å². The number of hydrogen-bond donors (Lipinski definition) is 1. The molecule has 0 unspecified atom stereocenters. The zero-order valence-electron chi connectivity index (χ0n) is 18.3. The molecule has 29 heavy (non-hydrogen) atoms. The highest BCUT2D eigenvalue weighted by Crippen LogP contribution is 2.40. The molecule has 0 atom stereocenters. The molecular weight excluding hydrogens is 358 g/mol. The van der Waals surface area contributed by atoms with Crippen LogP contribution < -0.4 is 0 Å². The molecule has 0 saturated heterocycles. The fraction of sp³-hybridized carbons (Fsp3) is 0.346. The van der Waals surface area contributed by atoms with Crippen molar-refractivity contribution in [3.63, 3.8) is 0 Å². The molecule has 1 aromatic heterocycles. The number of carbonyl (C=O) groups excluding carboxylic acids is 1. The molecule has 3 rings (SSSR count). The van der Waals surface area contributed by atoms with Crippen molar-refractivity contribution in [3.8, 4) is 5.75 Å². The number of rotatable bonds is 4. The number of benzene rings is 2. The van der Waals surface area contributed by atoms with E-state index in [2.05, 4.69) is 53.7 Å². The normalized spacial score (nSPS) is 12.2. The first-order chi connectivity index (χ1) is 13.5. The molecule has 0 amide bonds. The molecule has 3 heteroatoms. The highest BCUT2D eigenvalue weighted by molar-refractivity contribution is 6.09. The number of phenols is 1. The predicted molar refractivity (Wildman–Crippen MR) is 119 cm³/mol. The molecule has 0 aliphatic rings. The molecule has 0 radical (unpaired) electrons. The van der Waals surface area contributed by atoms with E-state index in [-0.39, 0.29) is 16.6 Å². The van der Waals surface area contributed by atoms with E-state index in [4.69, 9.17) is 0 Å². The van der Waals surface area contributed by atoms with Crippen LogP contribution in [0.15, 0.2) is 60.9 Å². The second kappa shape index (κ2) is 7.55. The maximum atomic E-state index is 13.3. The van der Waals surface area contributed by atoms with Crippen LogP contribution >= 0.6 is 0 Å². The third-order valence-corrected chi connectivity index (χ3v) is 5.21. The van der Waals surface area contributed by atoms with Crippen LogP contribution in [0.2, 0.25) is 0 Å². The zero-order valence-corrected chi connectivity index (χ0v) is 18.3. The van der Waals surface area contributed by atoms with Crippen LogP contribution in [0.3, 0.4) is 0 Å². The monoisotopic (exact) mass is 389 g/mol. The summed E-state index contributed by atoms with van der Waals surface area (Å²) in [6.45, 7) is 13.1. The van der Waals surface area contributed by atoms with E-state index in [0.29, 0.717) is 16.9 Å². The van der Waals surface area contributed by atoms with Gasteiger partial charge < -0.3 is 9.67 Å². The summed E-state index contributed by atoms with van der Waals surface area (Å²) in [6, 6.07) is 15.7. The van der Waals surface area contributed by atoms with Gasteiger partial charge in [-0.25, -0.2) is 0 Å². The molecule has 0 saturated carbocycles. The largest absolute Gasteiger partial charge is 0.507 e. The third kappa shape index (κ3) is 4.61. The fourth-order valence-corrected chi connectivity index (χ4v) is 3.54. The van der Waals surface area contributed by atoms with E-state index in [1.165, 1.54) is 5.56 Å². The van der Waals surface area contributed by atoms with E-state index in [1.807, 2.05) is 53.4 Å². The summed E-state index contributed by atoms with van der Waals surface area (Å²) in [6.07, 6.45) is 3.84. The lowest BCUT2D eigenvalue weighted by molar-refractivity contribution is 0.103. The van der Waals surface area contributed by atoms with Gasteiger partial charge in [0.05, 0.1) is 0 Å². The topological polar surface area (TPSA) is 42.2 Å². The van der Waals surface area contributed by atoms with Crippen LogP contribution in [-0.2, 0) is 17.4 Å². The maximum absolute atomic E-state index is 13.3. The van der Waals surface area contributed by atoms with Crippen LogP contribution in [0.5, 0.6) is 5.75 Å². The van der Waals surface area contributed by atoms with Crippen molar-refractivity contribution in [2.24, 2.45) is 0 Å². The minimum atomic E-state index is -0.264. The number of nitrogens with zero attached hydrogens (tertiary/aromatic N) is 1. The first-order valence-electron chi connectivity index (χ1n) is 10.1. The molecule has 3 aromatic rings. The van der Waals surface area contributed by atoms with E-state index in [1.54, 1.807) is 0 Å². The molecule has 3 nitrogen and oxygen atoms in total. The molecule has 152 valence electrons. The summed E-state index contributed by atoms with van der Waals surface area (Å²) < 4.78 is 2.03. The third-order valence-electron chi connectivity index (χ3n) is 5.21. The van der Waals surface area contributed by atoms with Gasteiger partial charge in [0.15, 0.2) is 5.78 Å².